The quantitative estimate of drug-likeness (QED) is 0.778. The van der Waals surface area contributed by atoms with Crippen molar-refractivity contribution in [1.29, 1.82) is 0 Å². The summed E-state index contributed by atoms with van der Waals surface area (Å²) in [7, 11) is 0. The number of oxazole rings is 1. The van der Waals surface area contributed by atoms with Crippen LogP contribution < -0.4 is 5.32 Å². The van der Waals surface area contributed by atoms with E-state index in [0.29, 0.717) is 6.04 Å². The Morgan fingerprint density at radius 1 is 1.32 bits per heavy atom. The van der Waals surface area contributed by atoms with Crippen LogP contribution in [0.3, 0.4) is 0 Å². The van der Waals surface area contributed by atoms with E-state index in [1.54, 1.807) is 11.3 Å². The van der Waals surface area contributed by atoms with Gasteiger partial charge in [-0.2, -0.15) is 0 Å². The van der Waals surface area contributed by atoms with E-state index < -0.39 is 0 Å². The molecule has 3 nitrogen and oxygen atoms in total. The number of thiophene rings is 1. The average Bonchev–Trinajstić information content (AvgIpc) is 3.02. The van der Waals surface area contributed by atoms with E-state index in [1.165, 1.54) is 16.5 Å². The number of hydrogen-bond acceptors (Lipinski definition) is 4. The molecule has 0 spiro atoms. The molecule has 0 bridgehead atoms. The zero-order valence-corrected chi connectivity index (χ0v) is 11.8. The number of fused-ring (bicyclic) bond motifs is 1. The lowest BCUT2D eigenvalue weighted by atomic mass is 10.2. The van der Waals surface area contributed by atoms with Crippen molar-refractivity contribution in [3.63, 3.8) is 0 Å². The molecule has 0 saturated carbocycles. The van der Waals surface area contributed by atoms with Gasteiger partial charge in [0.15, 0.2) is 12.2 Å². The van der Waals surface area contributed by atoms with Crippen molar-refractivity contribution in [3.05, 3.63) is 42.4 Å². The molecule has 0 amide bonds. The summed E-state index contributed by atoms with van der Waals surface area (Å²) in [4.78, 5) is 5.45. The highest BCUT2D eigenvalue weighted by atomic mass is 32.1. The van der Waals surface area contributed by atoms with Gasteiger partial charge in [0.05, 0.1) is 4.88 Å². The first-order valence-electron chi connectivity index (χ1n) is 6.39. The first-order valence-corrected chi connectivity index (χ1v) is 7.20. The van der Waals surface area contributed by atoms with Gasteiger partial charge in [-0.3, -0.25) is 0 Å². The summed E-state index contributed by atoms with van der Waals surface area (Å²) in [6, 6.07) is 11.0. The molecule has 0 saturated heterocycles. The second-order valence-corrected chi connectivity index (χ2v) is 5.90. The van der Waals surface area contributed by atoms with Crippen LogP contribution in [-0.2, 0) is 6.54 Å². The van der Waals surface area contributed by atoms with Gasteiger partial charge in [-0.05, 0) is 17.5 Å². The van der Waals surface area contributed by atoms with Crippen molar-refractivity contribution in [3.8, 4) is 10.6 Å². The lowest BCUT2D eigenvalue weighted by molar-refractivity contribution is 0.564. The Labute approximate surface area is 116 Å². The fraction of sp³-hybridized carbons (Fsp3) is 0.267. The first kappa shape index (κ1) is 12.4. The Kier molecular flexibility index (Phi) is 3.36. The molecular formula is C15H16N2OS. The summed E-state index contributed by atoms with van der Waals surface area (Å²) >= 11 is 1.74. The third-order valence-electron chi connectivity index (χ3n) is 2.97. The highest BCUT2D eigenvalue weighted by molar-refractivity contribution is 7.22. The van der Waals surface area contributed by atoms with E-state index >= 15 is 0 Å². The van der Waals surface area contributed by atoms with Crippen LogP contribution in [0.4, 0.5) is 0 Å². The van der Waals surface area contributed by atoms with E-state index in [9.17, 15) is 0 Å². The number of nitrogens with one attached hydrogen (secondary N) is 1. The van der Waals surface area contributed by atoms with Gasteiger partial charge in [-0.25, -0.2) is 4.98 Å². The predicted octanol–water partition coefficient (Wildman–Crippen LogP) is 4.05. The Morgan fingerprint density at radius 2 is 2.16 bits per heavy atom. The van der Waals surface area contributed by atoms with Crippen LogP contribution in [0.1, 0.15) is 19.5 Å². The van der Waals surface area contributed by atoms with Crippen LogP contribution in [0.2, 0.25) is 0 Å². The van der Waals surface area contributed by atoms with Gasteiger partial charge in [0.1, 0.15) is 5.69 Å². The normalized spacial score (nSPS) is 11.5. The minimum Gasteiger partial charge on any atom is -0.442 e. The van der Waals surface area contributed by atoms with Gasteiger partial charge in [0.25, 0.3) is 0 Å². The average molecular weight is 272 g/mol. The Morgan fingerprint density at radius 3 is 2.95 bits per heavy atom. The van der Waals surface area contributed by atoms with Gasteiger partial charge in [0, 0.05) is 17.3 Å². The van der Waals surface area contributed by atoms with Crippen molar-refractivity contribution < 1.29 is 4.42 Å². The predicted molar refractivity (Wildman–Crippen MR) is 79.3 cm³/mol. The summed E-state index contributed by atoms with van der Waals surface area (Å²) in [6.07, 6.45) is 1.52. The highest BCUT2D eigenvalue weighted by Gasteiger charge is 2.13. The SMILES string of the molecule is CC(C)NCc1ncoc1-c1cc2ccccc2s1. The van der Waals surface area contributed by atoms with Crippen molar-refractivity contribution in [1.82, 2.24) is 10.3 Å². The Balaban J connectivity index is 1.95. The van der Waals surface area contributed by atoms with Crippen LogP contribution in [0.15, 0.2) is 41.1 Å². The molecule has 0 fully saturated rings. The van der Waals surface area contributed by atoms with E-state index in [2.05, 4.69) is 54.5 Å². The molecule has 3 aromatic rings. The largest absolute Gasteiger partial charge is 0.442 e. The van der Waals surface area contributed by atoms with Crippen LogP contribution in [0, 0.1) is 0 Å². The standard InChI is InChI=1S/C15H16N2OS/c1-10(2)16-8-12-15(18-9-17-12)14-7-11-5-3-4-6-13(11)19-14/h3-7,9-10,16H,8H2,1-2H3. The molecule has 0 unspecified atom stereocenters. The molecule has 3 rings (SSSR count). The van der Waals surface area contributed by atoms with E-state index in [1.807, 2.05) is 0 Å². The van der Waals surface area contributed by atoms with E-state index in [4.69, 9.17) is 4.42 Å². The smallest absolute Gasteiger partial charge is 0.181 e. The first-order chi connectivity index (χ1) is 9.24. The summed E-state index contributed by atoms with van der Waals surface area (Å²) in [5, 5.41) is 4.63. The summed E-state index contributed by atoms with van der Waals surface area (Å²) in [6.45, 7) is 4.98. The second kappa shape index (κ2) is 5.15. The fourth-order valence-corrected chi connectivity index (χ4v) is 3.06. The summed E-state index contributed by atoms with van der Waals surface area (Å²) in [5.74, 6) is 0.884. The molecule has 0 radical (unpaired) electrons. The van der Waals surface area contributed by atoms with Crippen LogP contribution in [-0.4, -0.2) is 11.0 Å². The molecule has 19 heavy (non-hydrogen) atoms. The molecule has 0 aliphatic rings. The second-order valence-electron chi connectivity index (χ2n) is 4.81. The van der Waals surface area contributed by atoms with Gasteiger partial charge in [0.2, 0.25) is 0 Å². The van der Waals surface area contributed by atoms with Gasteiger partial charge in [-0.15, -0.1) is 11.3 Å². The number of hydrogen-bond donors (Lipinski definition) is 1. The molecule has 2 heterocycles. The van der Waals surface area contributed by atoms with Crippen LogP contribution in [0.5, 0.6) is 0 Å². The molecule has 4 heteroatoms. The molecule has 98 valence electrons. The minimum atomic E-state index is 0.437. The third kappa shape index (κ3) is 2.55. The maximum Gasteiger partial charge on any atom is 0.181 e. The Bertz CT molecular complexity index is 651. The van der Waals surface area contributed by atoms with Crippen LogP contribution >= 0.6 is 11.3 Å². The molecule has 0 aliphatic heterocycles. The molecular weight excluding hydrogens is 256 g/mol. The van der Waals surface area contributed by atoms with Crippen molar-refractivity contribution in [2.45, 2.75) is 26.4 Å². The number of benzene rings is 1. The van der Waals surface area contributed by atoms with Gasteiger partial charge >= 0.3 is 0 Å². The molecule has 2 aromatic heterocycles. The summed E-state index contributed by atoms with van der Waals surface area (Å²) < 4.78 is 6.85. The number of nitrogens with zero attached hydrogens (tertiary/aromatic N) is 1. The fourth-order valence-electron chi connectivity index (χ4n) is 1.99. The molecule has 0 atom stereocenters. The Hall–Kier alpha value is -1.65. The lowest BCUT2D eigenvalue weighted by Gasteiger charge is -2.05. The minimum absolute atomic E-state index is 0.437. The lowest BCUT2D eigenvalue weighted by Crippen LogP contribution is -2.22. The maximum absolute atomic E-state index is 5.57. The van der Waals surface area contributed by atoms with E-state index in [0.717, 1.165) is 22.9 Å². The van der Waals surface area contributed by atoms with E-state index in [-0.39, 0.29) is 0 Å². The topological polar surface area (TPSA) is 38.1 Å². The summed E-state index contributed by atoms with van der Waals surface area (Å²) in [5.41, 5.74) is 0.972. The zero-order valence-electron chi connectivity index (χ0n) is 11.0. The highest BCUT2D eigenvalue weighted by Crippen LogP contribution is 2.34. The van der Waals surface area contributed by atoms with Gasteiger partial charge < -0.3 is 9.73 Å². The number of aromatic nitrogens is 1. The number of rotatable bonds is 4. The zero-order chi connectivity index (χ0) is 13.2. The van der Waals surface area contributed by atoms with Crippen molar-refractivity contribution in [2.24, 2.45) is 0 Å². The van der Waals surface area contributed by atoms with Crippen LogP contribution in [0.25, 0.3) is 20.7 Å². The molecule has 0 aliphatic carbocycles. The van der Waals surface area contributed by atoms with Gasteiger partial charge in [-0.1, -0.05) is 32.0 Å². The molecule has 1 aromatic carbocycles. The van der Waals surface area contributed by atoms with Crippen molar-refractivity contribution in [2.75, 3.05) is 0 Å². The maximum atomic E-state index is 5.57. The molecule has 1 N–H and O–H groups in total. The third-order valence-corrected chi connectivity index (χ3v) is 4.08. The van der Waals surface area contributed by atoms with Crippen molar-refractivity contribution >= 4 is 21.4 Å². The monoisotopic (exact) mass is 272 g/mol.